The van der Waals surface area contributed by atoms with Crippen LogP contribution in [0, 0.1) is 5.92 Å². The molecular weight excluding hydrogens is 324 g/mol. The molecule has 1 aromatic heterocycles. The maximum absolute atomic E-state index is 12.2. The standard InChI is InChI=1S/C18H22N2O3S/c1-12(2)10-14(18(22)23-3)20-16(21)11-24-15-8-4-6-13-7-5-9-19-17(13)15/h4-9,12,14H,10-11H2,1-3H3,(H,20,21)/t14-/m0/s1. The molecule has 0 radical (unpaired) electrons. The quantitative estimate of drug-likeness (QED) is 0.616. The van der Waals surface area contributed by atoms with Gasteiger partial charge in [0, 0.05) is 16.5 Å². The first-order valence-electron chi connectivity index (χ1n) is 7.85. The van der Waals surface area contributed by atoms with Gasteiger partial charge < -0.3 is 10.1 Å². The smallest absolute Gasteiger partial charge is 0.328 e. The summed E-state index contributed by atoms with van der Waals surface area (Å²) in [6, 6.07) is 9.15. The van der Waals surface area contributed by atoms with E-state index in [-0.39, 0.29) is 17.6 Å². The number of pyridine rings is 1. The van der Waals surface area contributed by atoms with Gasteiger partial charge in [0.15, 0.2) is 0 Å². The van der Waals surface area contributed by atoms with Crippen LogP contribution in [-0.4, -0.2) is 35.8 Å². The second-order valence-electron chi connectivity index (χ2n) is 5.89. The molecule has 2 aromatic rings. The van der Waals surface area contributed by atoms with E-state index >= 15 is 0 Å². The van der Waals surface area contributed by atoms with Crippen LogP contribution in [0.5, 0.6) is 0 Å². The fourth-order valence-corrected chi connectivity index (χ4v) is 3.25. The molecule has 1 atom stereocenters. The van der Waals surface area contributed by atoms with Gasteiger partial charge >= 0.3 is 5.97 Å². The van der Waals surface area contributed by atoms with Crippen LogP contribution >= 0.6 is 11.8 Å². The van der Waals surface area contributed by atoms with Crippen molar-refractivity contribution in [3.05, 3.63) is 36.5 Å². The highest BCUT2D eigenvalue weighted by Gasteiger charge is 2.22. The van der Waals surface area contributed by atoms with Crippen molar-refractivity contribution in [3.8, 4) is 0 Å². The zero-order valence-electron chi connectivity index (χ0n) is 14.1. The van der Waals surface area contributed by atoms with Gasteiger partial charge in [-0.2, -0.15) is 0 Å². The Morgan fingerprint density at radius 2 is 2.00 bits per heavy atom. The highest BCUT2D eigenvalue weighted by Crippen LogP contribution is 2.25. The predicted octanol–water partition coefficient (Wildman–Crippen LogP) is 3.03. The van der Waals surface area contributed by atoms with E-state index in [2.05, 4.69) is 10.3 Å². The van der Waals surface area contributed by atoms with E-state index in [1.165, 1.54) is 18.9 Å². The summed E-state index contributed by atoms with van der Waals surface area (Å²) in [5.74, 6) is -0.0939. The number of nitrogens with one attached hydrogen (secondary N) is 1. The molecule has 6 heteroatoms. The summed E-state index contributed by atoms with van der Waals surface area (Å²) in [6.45, 7) is 4.00. The SMILES string of the molecule is COC(=O)[C@H](CC(C)C)NC(=O)CSc1cccc2cccnc12. The maximum Gasteiger partial charge on any atom is 0.328 e. The Balaban J connectivity index is 2.00. The van der Waals surface area contributed by atoms with Crippen molar-refractivity contribution in [2.24, 2.45) is 5.92 Å². The zero-order valence-corrected chi connectivity index (χ0v) is 14.9. The number of benzene rings is 1. The molecule has 0 saturated carbocycles. The third kappa shape index (κ3) is 4.96. The Labute approximate surface area is 146 Å². The van der Waals surface area contributed by atoms with E-state index < -0.39 is 12.0 Å². The lowest BCUT2D eigenvalue weighted by Gasteiger charge is -2.18. The fraction of sp³-hybridized carbons (Fsp3) is 0.389. The number of esters is 1. The molecule has 0 aliphatic rings. The van der Waals surface area contributed by atoms with Crippen molar-refractivity contribution in [1.82, 2.24) is 10.3 Å². The molecular formula is C18H22N2O3S. The summed E-state index contributed by atoms with van der Waals surface area (Å²) in [5.41, 5.74) is 0.879. The van der Waals surface area contributed by atoms with E-state index in [0.717, 1.165) is 15.8 Å². The van der Waals surface area contributed by atoms with Crippen molar-refractivity contribution in [2.45, 2.75) is 31.2 Å². The van der Waals surface area contributed by atoms with Crippen molar-refractivity contribution in [1.29, 1.82) is 0 Å². The summed E-state index contributed by atoms with van der Waals surface area (Å²) in [4.78, 5) is 29.3. The van der Waals surface area contributed by atoms with Crippen LogP contribution in [-0.2, 0) is 14.3 Å². The molecule has 1 heterocycles. The van der Waals surface area contributed by atoms with Gasteiger partial charge in [-0.1, -0.05) is 32.0 Å². The van der Waals surface area contributed by atoms with Crippen LogP contribution in [0.15, 0.2) is 41.4 Å². The van der Waals surface area contributed by atoms with Gasteiger partial charge in [-0.3, -0.25) is 9.78 Å². The van der Waals surface area contributed by atoms with Gasteiger partial charge in [0.05, 0.1) is 18.4 Å². The number of carbonyl (C=O) groups is 2. The molecule has 0 saturated heterocycles. The van der Waals surface area contributed by atoms with Crippen molar-refractivity contribution < 1.29 is 14.3 Å². The number of amides is 1. The van der Waals surface area contributed by atoms with Gasteiger partial charge in [-0.05, 0) is 24.5 Å². The minimum Gasteiger partial charge on any atom is -0.467 e. The largest absolute Gasteiger partial charge is 0.467 e. The number of methoxy groups -OCH3 is 1. The number of aromatic nitrogens is 1. The van der Waals surface area contributed by atoms with Crippen molar-refractivity contribution >= 4 is 34.5 Å². The first-order valence-corrected chi connectivity index (χ1v) is 8.83. The number of thioether (sulfide) groups is 1. The van der Waals surface area contributed by atoms with Gasteiger partial charge in [0.25, 0.3) is 0 Å². The zero-order chi connectivity index (χ0) is 17.5. The Morgan fingerprint density at radius 3 is 2.71 bits per heavy atom. The minimum atomic E-state index is -0.603. The number of hydrogen-bond acceptors (Lipinski definition) is 5. The number of rotatable bonds is 7. The molecule has 5 nitrogen and oxygen atoms in total. The number of ether oxygens (including phenoxy) is 1. The minimum absolute atomic E-state index is 0.191. The molecule has 0 spiro atoms. The first-order chi connectivity index (χ1) is 11.5. The summed E-state index contributed by atoms with van der Waals surface area (Å²) >= 11 is 1.41. The normalized spacial score (nSPS) is 12.2. The first kappa shape index (κ1) is 18.3. The number of para-hydroxylation sites is 1. The van der Waals surface area contributed by atoms with Crippen LogP contribution in [0.2, 0.25) is 0 Å². The lowest BCUT2D eigenvalue weighted by atomic mass is 10.0. The van der Waals surface area contributed by atoms with Crippen LogP contribution in [0.1, 0.15) is 20.3 Å². The molecule has 1 amide bonds. The molecule has 1 aromatic carbocycles. The summed E-state index contributed by atoms with van der Waals surface area (Å²) in [6.07, 6.45) is 2.29. The second kappa shape index (κ2) is 8.68. The third-order valence-electron chi connectivity index (χ3n) is 3.48. The monoisotopic (exact) mass is 346 g/mol. The van der Waals surface area contributed by atoms with E-state index in [0.29, 0.717) is 6.42 Å². The predicted molar refractivity (Wildman–Crippen MR) is 95.9 cm³/mol. The second-order valence-corrected chi connectivity index (χ2v) is 6.91. The van der Waals surface area contributed by atoms with Crippen LogP contribution < -0.4 is 5.32 Å². The average molecular weight is 346 g/mol. The Morgan fingerprint density at radius 1 is 1.25 bits per heavy atom. The molecule has 0 bridgehead atoms. The Hall–Kier alpha value is -2.08. The molecule has 0 unspecified atom stereocenters. The topological polar surface area (TPSA) is 68.3 Å². The molecule has 2 rings (SSSR count). The maximum atomic E-state index is 12.2. The van der Waals surface area contributed by atoms with Crippen molar-refractivity contribution in [2.75, 3.05) is 12.9 Å². The highest BCUT2D eigenvalue weighted by molar-refractivity contribution is 8.00. The number of hydrogen-bond donors (Lipinski definition) is 1. The third-order valence-corrected chi connectivity index (χ3v) is 4.53. The van der Waals surface area contributed by atoms with Gasteiger partial charge in [0.1, 0.15) is 6.04 Å². The number of fused-ring (bicyclic) bond motifs is 1. The highest BCUT2D eigenvalue weighted by atomic mass is 32.2. The van der Waals surface area contributed by atoms with E-state index in [4.69, 9.17) is 4.74 Å². The van der Waals surface area contributed by atoms with Crippen LogP contribution in [0.25, 0.3) is 10.9 Å². The van der Waals surface area contributed by atoms with Gasteiger partial charge in [-0.25, -0.2) is 4.79 Å². The number of carbonyl (C=O) groups excluding carboxylic acids is 2. The summed E-state index contributed by atoms with van der Waals surface area (Å²) in [7, 11) is 1.33. The Kier molecular flexibility index (Phi) is 6.61. The molecule has 0 aliphatic carbocycles. The van der Waals surface area contributed by atoms with E-state index in [1.807, 2.05) is 44.2 Å². The van der Waals surface area contributed by atoms with E-state index in [9.17, 15) is 9.59 Å². The molecule has 128 valence electrons. The van der Waals surface area contributed by atoms with Crippen LogP contribution in [0.4, 0.5) is 0 Å². The number of nitrogens with zero attached hydrogens (tertiary/aromatic N) is 1. The summed E-state index contributed by atoms with van der Waals surface area (Å²) in [5, 5.41) is 3.80. The molecule has 0 aliphatic heterocycles. The molecule has 24 heavy (non-hydrogen) atoms. The molecule has 1 N–H and O–H groups in total. The lowest BCUT2D eigenvalue weighted by Crippen LogP contribution is -2.43. The van der Waals surface area contributed by atoms with Gasteiger partial charge in [0.2, 0.25) is 5.91 Å². The molecule has 0 fully saturated rings. The average Bonchev–Trinajstić information content (AvgIpc) is 2.58. The van der Waals surface area contributed by atoms with Crippen LogP contribution in [0.3, 0.4) is 0 Å². The lowest BCUT2D eigenvalue weighted by molar-refractivity contribution is -0.145. The fourth-order valence-electron chi connectivity index (χ4n) is 2.40. The van der Waals surface area contributed by atoms with Crippen molar-refractivity contribution in [3.63, 3.8) is 0 Å². The van der Waals surface area contributed by atoms with Gasteiger partial charge in [-0.15, -0.1) is 11.8 Å². The van der Waals surface area contributed by atoms with E-state index in [1.54, 1.807) is 6.20 Å². The summed E-state index contributed by atoms with van der Waals surface area (Å²) < 4.78 is 4.76. The Bertz CT molecular complexity index is 713.